The number of benzene rings is 1. The van der Waals surface area contributed by atoms with Crippen LogP contribution >= 0.6 is 15.9 Å². The lowest BCUT2D eigenvalue weighted by Gasteiger charge is -2.28. The second-order valence-corrected chi connectivity index (χ2v) is 8.27. The van der Waals surface area contributed by atoms with E-state index in [1.165, 1.54) is 25.3 Å². The van der Waals surface area contributed by atoms with Gasteiger partial charge in [-0.1, -0.05) is 25.3 Å². The normalized spacial score (nSPS) is 18.6. The average Bonchev–Trinajstić information content (AvgIpc) is 2.47. The molecule has 1 aromatic carbocycles. The van der Waals surface area contributed by atoms with E-state index in [2.05, 4.69) is 20.7 Å². The minimum Gasteiger partial charge on any atom is -0.392 e. The first-order valence-corrected chi connectivity index (χ1v) is 9.63. The summed E-state index contributed by atoms with van der Waals surface area (Å²) in [5.74, 6) is 0.420. The summed E-state index contributed by atoms with van der Waals surface area (Å²) < 4.78 is 28.3. The smallest absolute Gasteiger partial charge is 0.241 e. The van der Waals surface area contributed by atoms with Crippen LogP contribution in [0.25, 0.3) is 0 Å². The van der Waals surface area contributed by atoms with Crippen LogP contribution < -0.4 is 4.72 Å². The molecule has 0 amide bonds. The van der Waals surface area contributed by atoms with E-state index >= 15 is 0 Å². The van der Waals surface area contributed by atoms with E-state index in [-0.39, 0.29) is 17.5 Å². The Kier molecular flexibility index (Phi) is 5.82. The molecule has 118 valence electrons. The lowest BCUT2D eigenvalue weighted by molar-refractivity contribution is 0.281. The summed E-state index contributed by atoms with van der Waals surface area (Å²) in [6, 6.07) is 4.75. The van der Waals surface area contributed by atoms with E-state index in [9.17, 15) is 8.42 Å². The van der Waals surface area contributed by atoms with Crippen LogP contribution in [0, 0.1) is 5.92 Å². The van der Waals surface area contributed by atoms with E-state index in [4.69, 9.17) is 5.11 Å². The van der Waals surface area contributed by atoms with Crippen molar-refractivity contribution in [3.63, 3.8) is 0 Å². The van der Waals surface area contributed by atoms with Crippen LogP contribution in [0.4, 0.5) is 0 Å². The number of aliphatic hydroxyl groups excluding tert-OH is 1. The number of hydrogen-bond donors (Lipinski definition) is 2. The Balaban J connectivity index is 2.14. The summed E-state index contributed by atoms with van der Waals surface area (Å²) in [5.41, 5.74) is 0.682. The van der Waals surface area contributed by atoms with Crippen LogP contribution in [-0.4, -0.2) is 19.6 Å². The molecule has 1 aliphatic carbocycles. The lowest BCUT2D eigenvalue weighted by atomic mass is 9.85. The van der Waals surface area contributed by atoms with Crippen molar-refractivity contribution in [2.45, 2.75) is 56.6 Å². The molecule has 0 aliphatic heterocycles. The van der Waals surface area contributed by atoms with Crippen molar-refractivity contribution in [2.24, 2.45) is 5.92 Å². The van der Waals surface area contributed by atoms with Crippen molar-refractivity contribution in [2.75, 3.05) is 0 Å². The summed E-state index contributed by atoms with van der Waals surface area (Å²) in [7, 11) is -3.54. The highest BCUT2D eigenvalue weighted by molar-refractivity contribution is 9.10. The van der Waals surface area contributed by atoms with Gasteiger partial charge in [0.25, 0.3) is 0 Å². The molecule has 0 saturated heterocycles. The van der Waals surface area contributed by atoms with Gasteiger partial charge in [0.1, 0.15) is 0 Å². The third-order valence-electron chi connectivity index (χ3n) is 4.17. The van der Waals surface area contributed by atoms with Crippen LogP contribution in [-0.2, 0) is 16.6 Å². The SMILES string of the molecule is CC(NS(=O)(=O)c1ccc(CO)cc1Br)C1CCCCC1. The zero-order chi connectivity index (χ0) is 15.5. The molecule has 0 spiro atoms. The topological polar surface area (TPSA) is 66.4 Å². The molecule has 0 bridgehead atoms. The van der Waals surface area contributed by atoms with Gasteiger partial charge in [-0.3, -0.25) is 0 Å². The van der Waals surface area contributed by atoms with Crippen LogP contribution in [0.5, 0.6) is 0 Å². The van der Waals surface area contributed by atoms with Crippen molar-refractivity contribution in [3.8, 4) is 0 Å². The van der Waals surface area contributed by atoms with Crippen LogP contribution in [0.2, 0.25) is 0 Å². The second-order valence-electron chi connectivity index (χ2n) is 5.73. The van der Waals surface area contributed by atoms with Gasteiger partial charge in [-0.05, 0) is 59.3 Å². The number of halogens is 1. The van der Waals surface area contributed by atoms with Gasteiger partial charge in [-0.25, -0.2) is 13.1 Å². The Labute approximate surface area is 135 Å². The minimum atomic E-state index is -3.54. The Morgan fingerprint density at radius 3 is 2.57 bits per heavy atom. The second kappa shape index (κ2) is 7.22. The van der Waals surface area contributed by atoms with Gasteiger partial charge >= 0.3 is 0 Å². The first kappa shape index (κ1) is 16.9. The van der Waals surface area contributed by atoms with Gasteiger partial charge in [0.05, 0.1) is 11.5 Å². The van der Waals surface area contributed by atoms with Crippen molar-refractivity contribution in [1.82, 2.24) is 4.72 Å². The third kappa shape index (κ3) is 4.28. The monoisotopic (exact) mass is 375 g/mol. The molecule has 1 atom stereocenters. The predicted molar refractivity (Wildman–Crippen MR) is 86.4 cm³/mol. The summed E-state index contributed by atoms with van der Waals surface area (Å²) >= 11 is 3.28. The summed E-state index contributed by atoms with van der Waals surface area (Å²) in [5, 5.41) is 9.09. The van der Waals surface area contributed by atoms with Crippen LogP contribution in [0.3, 0.4) is 0 Å². The van der Waals surface area contributed by atoms with E-state index in [1.54, 1.807) is 12.1 Å². The van der Waals surface area contributed by atoms with Crippen molar-refractivity contribution in [1.29, 1.82) is 0 Å². The van der Waals surface area contributed by atoms with Crippen molar-refractivity contribution < 1.29 is 13.5 Å². The molecule has 2 rings (SSSR count). The number of aliphatic hydroxyl groups is 1. The maximum absolute atomic E-state index is 12.5. The van der Waals surface area contributed by atoms with Gasteiger partial charge in [-0.2, -0.15) is 0 Å². The molecular weight excluding hydrogens is 354 g/mol. The summed E-state index contributed by atoms with van der Waals surface area (Å²) in [4.78, 5) is 0.224. The van der Waals surface area contributed by atoms with E-state index in [1.807, 2.05) is 6.92 Å². The number of hydrogen-bond acceptors (Lipinski definition) is 3. The fraction of sp³-hybridized carbons (Fsp3) is 0.600. The third-order valence-corrected chi connectivity index (χ3v) is 6.70. The molecule has 0 radical (unpaired) electrons. The Morgan fingerprint density at radius 2 is 2.00 bits per heavy atom. The maximum atomic E-state index is 12.5. The molecule has 21 heavy (non-hydrogen) atoms. The fourth-order valence-electron chi connectivity index (χ4n) is 2.90. The highest BCUT2D eigenvalue weighted by atomic mass is 79.9. The maximum Gasteiger partial charge on any atom is 0.241 e. The van der Waals surface area contributed by atoms with Gasteiger partial charge in [0.15, 0.2) is 0 Å². The van der Waals surface area contributed by atoms with Gasteiger partial charge in [0, 0.05) is 10.5 Å². The highest BCUT2D eigenvalue weighted by Crippen LogP contribution is 2.28. The molecule has 4 nitrogen and oxygen atoms in total. The number of nitrogens with one attached hydrogen (secondary N) is 1. The molecule has 2 N–H and O–H groups in total. The van der Waals surface area contributed by atoms with E-state index in [0.29, 0.717) is 16.0 Å². The molecular formula is C15H22BrNO3S. The predicted octanol–water partition coefficient (Wildman–Crippen LogP) is 3.19. The zero-order valence-corrected chi connectivity index (χ0v) is 14.6. The number of sulfonamides is 1. The van der Waals surface area contributed by atoms with Crippen LogP contribution in [0.1, 0.15) is 44.6 Å². The summed E-state index contributed by atoms with van der Waals surface area (Å²) in [6.45, 7) is 1.84. The number of rotatable bonds is 5. The van der Waals surface area contributed by atoms with E-state index < -0.39 is 10.0 Å². The van der Waals surface area contributed by atoms with E-state index in [0.717, 1.165) is 12.8 Å². The lowest BCUT2D eigenvalue weighted by Crippen LogP contribution is -2.38. The molecule has 0 aromatic heterocycles. The average molecular weight is 376 g/mol. The van der Waals surface area contributed by atoms with Crippen molar-refractivity contribution in [3.05, 3.63) is 28.2 Å². The molecule has 6 heteroatoms. The minimum absolute atomic E-state index is 0.0558. The largest absolute Gasteiger partial charge is 0.392 e. The summed E-state index contributed by atoms with van der Waals surface area (Å²) in [6.07, 6.45) is 5.81. The van der Waals surface area contributed by atoms with Gasteiger partial charge in [-0.15, -0.1) is 0 Å². The molecule has 1 fully saturated rings. The molecule has 1 aliphatic rings. The van der Waals surface area contributed by atoms with Crippen LogP contribution in [0.15, 0.2) is 27.6 Å². The van der Waals surface area contributed by atoms with Gasteiger partial charge in [0.2, 0.25) is 10.0 Å². The quantitative estimate of drug-likeness (QED) is 0.830. The highest BCUT2D eigenvalue weighted by Gasteiger charge is 2.26. The Bertz CT molecular complexity index is 583. The standard InChI is InChI=1S/C15H22BrNO3S/c1-11(13-5-3-2-4-6-13)17-21(19,20)15-8-7-12(10-18)9-14(15)16/h7-9,11,13,17-18H,2-6,10H2,1H3. The van der Waals surface area contributed by atoms with Crippen molar-refractivity contribution >= 4 is 26.0 Å². The first-order chi connectivity index (χ1) is 9.94. The molecule has 0 heterocycles. The molecule has 1 unspecified atom stereocenters. The molecule has 1 aromatic rings. The van der Waals surface area contributed by atoms with Gasteiger partial charge < -0.3 is 5.11 Å². The first-order valence-electron chi connectivity index (χ1n) is 7.35. The zero-order valence-electron chi connectivity index (χ0n) is 12.2. The molecule has 1 saturated carbocycles. The fourth-order valence-corrected chi connectivity index (χ4v) is 5.34. The Hall–Kier alpha value is -0.430. The Morgan fingerprint density at radius 1 is 1.33 bits per heavy atom.